The Balaban J connectivity index is 2.32. The van der Waals surface area contributed by atoms with Gasteiger partial charge in [-0.25, -0.2) is 0 Å². The fraction of sp³-hybridized carbons (Fsp3) is 0.188. The molecule has 0 aliphatic carbocycles. The van der Waals surface area contributed by atoms with E-state index < -0.39 is 0 Å². The third-order valence-electron chi connectivity index (χ3n) is 2.96. The average Bonchev–Trinajstić information content (AvgIpc) is 2.97. The molecule has 6 heteroatoms. The van der Waals surface area contributed by atoms with Crippen molar-refractivity contribution in [2.24, 2.45) is 0 Å². The number of carbonyl (C=O) groups excluding carboxylic acids is 1. The van der Waals surface area contributed by atoms with Gasteiger partial charge in [-0.05, 0) is 52.3 Å². The number of hydrogen-bond donors (Lipinski definition) is 0. The zero-order chi connectivity index (χ0) is 16.1. The molecule has 0 saturated carbocycles. The van der Waals surface area contributed by atoms with Gasteiger partial charge >= 0.3 is 0 Å². The molecule has 4 nitrogen and oxygen atoms in total. The Morgan fingerprint density at radius 1 is 1.05 bits per heavy atom. The number of methoxy groups -OCH3 is 3. The van der Waals surface area contributed by atoms with Gasteiger partial charge in [0.15, 0.2) is 17.3 Å². The largest absolute Gasteiger partial charge is 0.493 e. The topological polar surface area (TPSA) is 44.8 Å². The molecule has 0 radical (unpaired) electrons. The molecule has 0 aliphatic heterocycles. The van der Waals surface area contributed by atoms with Crippen molar-refractivity contribution in [1.29, 1.82) is 0 Å². The van der Waals surface area contributed by atoms with E-state index in [1.807, 2.05) is 12.1 Å². The van der Waals surface area contributed by atoms with Crippen LogP contribution in [0.1, 0.15) is 15.2 Å². The molecular formula is C16H15BrO4S. The van der Waals surface area contributed by atoms with Gasteiger partial charge < -0.3 is 14.2 Å². The third kappa shape index (κ3) is 3.51. The van der Waals surface area contributed by atoms with Crippen LogP contribution < -0.4 is 14.2 Å². The van der Waals surface area contributed by atoms with Crippen LogP contribution in [-0.4, -0.2) is 27.1 Å². The van der Waals surface area contributed by atoms with E-state index >= 15 is 0 Å². The van der Waals surface area contributed by atoms with E-state index in [0.29, 0.717) is 22.1 Å². The molecule has 0 aliphatic rings. The van der Waals surface area contributed by atoms with Gasteiger partial charge in [-0.15, -0.1) is 11.3 Å². The van der Waals surface area contributed by atoms with Crippen LogP contribution in [0.3, 0.4) is 0 Å². The predicted molar refractivity (Wildman–Crippen MR) is 91.5 cm³/mol. The second-order valence-electron chi connectivity index (χ2n) is 4.22. The predicted octanol–water partition coefficient (Wildman–Crippen LogP) is 4.43. The van der Waals surface area contributed by atoms with Crippen LogP contribution in [0.4, 0.5) is 0 Å². The number of thiophene rings is 1. The first-order chi connectivity index (χ1) is 10.6. The monoisotopic (exact) mass is 382 g/mol. The molecule has 1 aromatic carbocycles. The summed E-state index contributed by atoms with van der Waals surface area (Å²) in [6.07, 6.45) is 3.22. The normalized spacial score (nSPS) is 10.7. The lowest BCUT2D eigenvalue weighted by Gasteiger charge is -2.13. The number of carbonyl (C=O) groups is 1. The van der Waals surface area contributed by atoms with Crippen LogP contribution in [0.2, 0.25) is 0 Å². The summed E-state index contributed by atoms with van der Waals surface area (Å²) in [5.74, 6) is 1.54. The standard InChI is InChI=1S/C16H15BrO4S/c1-19-12-7-5-10(15(20-2)16(12)21-3)4-6-11(18)13-8-9-14(17)22-13/h4-9H,1-3H3. The van der Waals surface area contributed by atoms with Gasteiger partial charge in [0, 0.05) is 5.56 Å². The molecule has 0 amide bonds. The molecule has 0 N–H and O–H groups in total. The maximum atomic E-state index is 12.1. The highest BCUT2D eigenvalue weighted by molar-refractivity contribution is 9.11. The summed E-state index contributed by atoms with van der Waals surface area (Å²) in [5, 5.41) is 0. The number of hydrogen-bond acceptors (Lipinski definition) is 5. The summed E-state index contributed by atoms with van der Waals surface area (Å²) in [7, 11) is 4.65. The lowest BCUT2D eigenvalue weighted by molar-refractivity contribution is 0.105. The highest BCUT2D eigenvalue weighted by atomic mass is 79.9. The van der Waals surface area contributed by atoms with Crippen molar-refractivity contribution < 1.29 is 19.0 Å². The van der Waals surface area contributed by atoms with Crippen molar-refractivity contribution >= 4 is 39.1 Å². The zero-order valence-electron chi connectivity index (χ0n) is 12.4. The quantitative estimate of drug-likeness (QED) is 0.547. The third-order valence-corrected chi connectivity index (χ3v) is 4.60. The van der Waals surface area contributed by atoms with E-state index in [9.17, 15) is 4.79 Å². The first kappa shape index (κ1) is 16.6. The second-order valence-corrected chi connectivity index (χ2v) is 6.69. The minimum Gasteiger partial charge on any atom is -0.493 e. The van der Waals surface area contributed by atoms with Gasteiger partial charge in [0.1, 0.15) is 0 Å². The summed E-state index contributed by atoms with van der Waals surface area (Å²) >= 11 is 4.74. The number of benzene rings is 1. The summed E-state index contributed by atoms with van der Waals surface area (Å²) in [6, 6.07) is 7.22. The number of allylic oxidation sites excluding steroid dienone is 1. The van der Waals surface area contributed by atoms with E-state index in [-0.39, 0.29) is 5.78 Å². The van der Waals surface area contributed by atoms with Crippen LogP contribution in [0.15, 0.2) is 34.1 Å². The SMILES string of the molecule is COc1ccc(C=CC(=O)c2ccc(Br)s2)c(OC)c1OC. The maximum Gasteiger partial charge on any atom is 0.203 e. The van der Waals surface area contributed by atoms with Gasteiger partial charge in [-0.1, -0.05) is 0 Å². The van der Waals surface area contributed by atoms with Gasteiger partial charge in [-0.3, -0.25) is 4.79 Å². The van der Waals surface area contributed by atoms with Crippen LogP contribution in [-0.2, 0) is 0 Å². The van der Waals surface area contributed by atoms with Gasteiger partial charge in [0.25, 0.3) is 0 Å². The lowest BCUT2D eigenvalue weighted by atomic mass is 10.1. The highest BCUT2D eigenvalue weighted by Gasteiger charge is 2.14. The molecule has 0 atom stereocenters. The fourth-order valence-electron chi connectivity index (χ4n) is 1.95. The first-order valence-electron chi connectivity index (χ1n) is 6.37. The van der Waals surface area contributed by atoms with Crippen molar-refractivity contribution in [3.63, 3.8) is 0 Å². The van der Waals surface area contributed by atoms with E-state index in [2.05, 4.69) is 15.9 Å². The Labute approximate surface area is 141 Å². The van der Waals surface area contributed by atoms with Gasteiger partial charge in [0.2, 0.25) is 5.75 Å². The molecule has 2 aromatic rings. The van der Waals surface area contributed by atoms with E-state index in [1.165, 1.54) is 17.4 Å². The Kier molecular flexibility index (Phi) is 5.63. The smallest absolute Gasteiger partial charge is 0.203 e. The summed E-state index contributed by atoms with van der Waals surface area (Å²) in [5.41, 5.74) is 0.740. The van der Waals surface area contributed by atoms with E-state index in [4.69, 9.17) is 14.2 Å². The number of rotatable bonds is 6. The molecule has 0 fully saturated rings. The van der Waals surface area contributed by atoms with Crippen molar-refractivity contribution in [1.82, 2.24) is 0 Å². The van der Waals surface area contributed by atoms with E-state index in [1.54, 1.807) is 39.5 Å². The Morgan fingerprint density at radius 2 is 1.77 bits per heavy atom. The highest BCUT2D eigenvalue weighted by Crippen LogP contribution is 2.40. The van der Waals surface area contributed by atoms with Crippen LogP contribution in [0, 0.1) is 0 Å². The molecule has 0 spiro atoms. The van der Waals surface area contributed by atoms with Crippen molar-refractivity contribution in [3.8, 4) is 17.2 Å². The molecule has 0 unspecified atom stereocenters. The summed E-state index contributed by atoms with van der Waals surface area (Å²) in [6.45, 7) is 0. The molecule has 2 rings (SSSR count). The Morgan fingerprint density at radius 3 is 2.32 bits per heavy atom. The summed E-state index contributed by atoms with van der Waals surface area (Å²) < 4.78 is 16.9. The number of halogens is 1. The Bertz CT molecular complexity index is 706. The van der Waals surface area contributed by atoms with Crippen molar-refractivity contribution in [3.05, 3.63) is 44.6 Å². The minimum absolute atomic E-state index is 0.0625. The van der Waals surface area contributed by atoms with Crippen molar-refractivity contribution in [2.75, 3.05) is 21.3 Å². The molecule has 116 valence electrons. The molecule has 1 aromatic heterocycles. The molecule has 0 saturated heterocycles. The molecule has 1 heterocycles. The lowest BCUT2D eigenvalue weighted by Crippen LogP contribution is -1.97. The van der Waals surface area contributed by atoms with Crippen LogP contribution in [0.25, 0.3) is 6.08 Å². The van der Waals surface area contributed by atoms with Gasteiger partial charge in [-0.2, -0.15) is 0 Å². The molecule has 0 bridgehead atoms. The van der Waals surface area contributed by atoms with Crippen molar-refractivity contribution in [2.45, 2.75) is 0 Å². The zero-order valence-corrected chi connectivity index (χ0v) is 14.8. The molecule has 22 heavy (non-hydrogen) atoms. The number of ketones is 1. The second kappa shape index (κ2) is 7.47. The fourth-order valence-corrected chi connectivity index (χ4v) is 3.26. The van der Waals surface area contributed by atoms with E-state index in [0.717, 1.165) is 9.35 Å². The average molecular weight is 383 g/mol. The minimum atomic E-state index is -0.0625. The first-order valence-corrected chi connectivity index (χ1v) is 7.98. The maximum absolute atomic E-state index is 12.1. The summed E-state index contributed by atoms with van der Waals surface area (Å²) in [4.78, 5) is 12.8. The molecular weight excluding hydrogens is 368 g/mol. The Hall–Kier alpha value is -1.79. The van der Waals surface area contributed by atoms with Gasteiger partial charge in [0.05, 0.1) is 30.0 Å². The number of ether oxygens (including phenoxy) is 3. The van der Waals surface area contributed by atoms with Crippen LogP contribution >= 0.6 is 27.3 Å². The van der Waals surface area contributed by atoms with Crippen LogP contribution in [0.5, 0.6) is 17.2 Å².